The molecular weight excluding hydrogens is 334 g/mol. The zero-order valence-electron chi connectivity index (χ0n) is 12.0. The summed E-state index contributed by atoms with van der Waals surface area (Å²) in [6, 6.07) is 8.83. The minimum Gasteiger partial charge on any atom is -0.464 e. The van der Waals surface area contributed by atoms with Gasteiger partial charge in [-0.3, -0.25) is 4.98 Å². The summed E-state index contributed by atoms with van der Waals surface area (Å²) < 4.78 is 32.6. The Morgan fingerprint density at radius 1 is 1.13 bits per heavy atom. The molecule has 3 heterocycles. The number of rotatable bonds is 4. The van der Waals surface area contributed by atoms with Crippen LogP contribution in [0.5, 0.6) is 5.19 Å². The van der Waals surface area contributed by atoms with Crippen molar-refractivity contribution in [2.24, 2.45) is 0 Å². The highest BCUT2D eigenvalue weighted by molar-refractivity contribution is 7.89. The van der Waals surface area contributed by atoms with Gasteiger partial charge in [-0.05, 0) is 12.1 Å². The third-order valence-electron chi connectivity index (χ3n) is 3.71. The number of fused-ring (bicyclic) bond motifs is 1. The Hall–Kier alpha value is -2.03. The van der Waals surface area contributed by atoms with E-state index in [-0.39, 0.29) is 11.0 Å². The molecule has 3 aromatic rings. The van der Waals surface area contributed by atoms with Crippen LogP contribution in [0.2, 0.25) is 0 Å². The van der Waals surface area contributed by atoms with E-state index < -0.39 is 10.0 Å². The first kappa shape index (κ1) is 14.6. The smallest absolute Gasteiger partial charge is 0.273 e. The molecule has 8 heteroatoms. The molecule has 1 aliphatic heterocycles. The average molecular weight is 347 g/mol. The fourth-order valence-corrected chi connectivity index (χ4v) is 4.73. The van der Waals surface area contributed by atoms with E-state index >= 15 is 0 Å². The highest BCUT2D eigenvalue weighted by Gasteiger charge is 2.39. The number of hydrogen-bond acceptors (Lipinski definition) is 6. The second-order valence-corrected chi connectivity index (χ2v) is 7.95. The fourth-order valence-electron chi connectivity index (χ4n) is 2.51. The van der Waals surface area contributed by atoms with Crippen LogP contribution in [0.3, 0.4) is 0 Å². The molecular formula is C15H13N3O3S2. The largest absolute Gasteiger partial charge is 0.464 e. The molecule has 0 N–H and O–H groups in total. The monoisotopic (exact) mass is 347 g/mol. The van der Waals surface area contributed by atoms with Crippen LogP contribution in [0.15, 0.2) is 53.0 Å². The fraction of sp³-hybridized carbons (Fsp3) is 0.200. The van der Waals surface area contributed by atoms with Crippen molar-refractivity contribution in [1.82, 2.24) is 14.3 Å². The molecule has 0 saturated carbocycles. The predicted octanol–water partition coefficient (Wildman–Crippen LogP) is 2.14. The maximum absolute atomic E-state index is 12.8. The van der Waals surface area contributed by atoms with Crippen molar-refractivity contribution in [3.63, 3.8) is 0 Å². The zero-order valence-corrected chi connectivity index (χ0v) is 13.6. The van der Waals surface area contributed by atoms with E-state index in [9.17, 15) is 8.42 Å². The lowest BCUT2D eigenvalue weighted by Crippen LogP contribution is -2.55. The average Bonchev–Trinajstić information content (AvgIpc) is 3.03. The molecule has 23 heavy (non-hydrogen) atoms. The predicted molar refractivity (Wildman–Crippen MR) is 87.0 cm³/mol. The Morgan fingerprint density at radius 2 is 1.96 bits per heavy atom. The van der Waals surface area contributed by atoms with Gasteiger partial charge in [0.05, 0.1) is 18.6 Å². The number of hydrogen-bond donors (Lipinski definition) is 0. The van der Waals surface area contributed by atoms with Gasteiger partial charge in [-0.25, -0.2) is 13.4 Å². The molecule has 0 radical (unpaired) electrons. The Balaban J connectivity index is 1.57. The van der Waals surface area contributed by atoms with Crippen LogP contribution in [0.25, 0.3) is 10.9 Å². The summed E-state index contributed by atoms with van der Waals surface area (Å²) in [6.45, 7) is 0.649. The maximum Gasteiger partial charge on any atom is 0.273 e. The molecule has 0 spiro atoms. The van der Waals surface area contributed by atoms with E-state index in [1.165, 1.54) is 15.6 Å². The summed E-state index contributed by atoms with van der Waals surface area (Å²) in [5.41, 5.74) is 0.499. The molecule has 0 amide bonds. The van der Waals surface area contributed by atoms with E-state index in [4.69, 9.17) is 4.74 Å². The number of aromatic nitrogens is 2. The lowest BCUT2D eigenvalue weighted by molar-refractivity contribution is 0.0760. The third kappa shape index (κ3) is 2.58. The van der Waals surface area contributed by atoms with Gasteiger partial charge in [-0.15, -0.1) is 0 Å². The first-order valence-corrected chi connectivity index (χ1v) is 9.36. The highest BCUT2D eigenvalue weighted by Crippen LogP contribution is 2.28. The van der Waals surface area contributed by atoms with Gasteiger partial charge in [0, 0.05) is 23.2 Å². The van der Waals surface area contributed by atoms with Crippen molar-refractivity contribution in [2.75, 3.05) is 13.1 Å². The zero-order chi connectivity index (χ0) is 15.9. The lowest BCUT2D eigenvalue weighted by Gasteiger charge is -2.37. The summed E-state index contributed by atoms with van der Waals surface area (Å²) in [6.07, 6.45) is 3.11. The molecule has 0 aliphatic carbocycles. The Morgan fingerprint density at radius 3 is 2.74 bits per heavy atom. The summed E-state index contributed by atoms with van der Waals surface area (Å²) >= 11 is 1.40. The van der Waals surface area contributed by atoms with Gasteiger partial charge in [-0.1, -0.05) is 29.5 Å². The van der Waals surface area contributed by atoms with Gasteiger partial charge in [-0.2, -0.15) is 4.31 Å². The second kappa shape index (κ2) is 5.55. The molecule has 1 aromatic carbocycles. The summed E-state index contributed by atoms with van der Waals surface area (Å²) in [5.74, 6) is 0. The van der Waals surface area contributed by atoms with E-state index in [0.29, 0.717) is 23.8 Å². The Kier molecular flexibility index (Phi) is 3.51. The Labute approximate surface area is 137 Å². The molecule has 0 atom stereocenters. The van der Waals surface area contributed by atoms with Crippen molar-refractivity contribution in [1.29, 1.82) is 0 Å². The second-order valence-electron chi connectivity index (χ2n) is 5.19. The number of para-hydroxylation sites is 1. The minimum absolute atomic E-state index is 0.154. The molecule has 6 nitrogen and oxygen atoms in total. The molecule has 2 aromatic heterocycles. The first-order chi connectivity index (χ1) is 11.1. The first-order valence-electron chi connectivity index (χ1n) is 7.04. The van der Waals surface area contributed by atoms with Gasteiger partial charge in [0.25, 0.3) is 5.19 Å². The lowest BCUT2D eigenvalue weighted by atomic mass is 10.2. The van der Waals surface area contributed by atoms with E-state index in [0.717, 1.165) is 5.39 Å². The van der Waals surface area contributed by atoms with E-state index in [1.54, 1.807) is 30.6 Å². The summed E-state index contributed by atoms with van der Waals surface area (Å²) in [7, 11) is -3.57. The van der Waals surface area contributed by atoms with Crippen molar-refractivity contribution in [2.45, 2.75) is 11.0 Å². The molecule has 118 valence electrons. The molecule has 0 bridgehead atoms. The van der Waals surface area contributed by atoms with Gasteiger partial charge < -0.3 is 4.74 Å². The van der Waals surface area contributed by atoms with Gasteiger partial charge >= 0.3 is 0 Å². The van der Waals surface area contributed by atoms with Crippen LogP contribution in [0.1, 0.15) is 0 Å². The van der Waals surface area contributed by atoms with Crippen molar-refractivity contribution >= 4 is 32.3 Å². The molecule has 4 rings (SSSR count). The summed E-state index contributed by atoms with van der Waals surface area (Å²) in [5, 5.41) is 3.20. The maximum atomic E-state index is 12.8. The number of thiazole rings is 1. The number of nitrogens with zero attached hydrogens (tertiary/aromatic N) is 3. The quantitative estimate of drug-likeness (QED) is 0.723. The van der Waals surface area contributed by atoms with Gasteiger partial charge in [0.1, 0.15) is 11.0 Å². The topological polar surface area (TPSA) is 72.4 Å². The van der Waals surface area contributed by atoms with Crippen LogP contribution in [0.4, 0.5) is 0 Å². The SMILES string of the molecule is O=S(=O)(c1cccc2cccnc12)N1CC(Oc2nccs2)C1. The van der Waals surface area contributed by atoms with Crippen molar-refractivity contribution in [3.8, 4) is 5.19 Å². The standard InChI is InChI=1S/C15H13N3O3S2/c19-23(20,13-5-1-3-11-4-2-6-16-14(11)13)18-9-12(10-18)21-15-17-7-8-22-15/h1-8,12H,9-10H2. The van der Waals surface area contributed by atoms with E-state index in [1.807, 2.05) is 17.5 Å². The molecule has 1 saturated heterocycles. The van der Waals surface area contributed by atoms with Crippen LogP contribution in [-0.4, -0.2) is 41.9 Å². The van der Waals surface area contributed by atoms with Gasteiger partial charge in [0.15, 0.2) is 0 Å². The number of ether oxygens (including phenoxy) is 1. The van der Waals surface area contributed by atoms with Crippen LogP contribution < -0.4 is 4.74 Å². The third-order valence-corrected chi connectivity index (χ3v) is 6.23. The Bertz CT molecular complexity index is 930. The van der Waals surface area contributed by atoms with Crippen LogP contribution in [-0.2, 0) is 10.0 Å². The molecule has 1 fully saturated rings. The van der Waals surface area contributed by atoms with Crippen LogP contribution in [0, 0.1) is 0 Å². The number of sulfonamides is 1. The number of pyridine rings is 1. The minimum atomic E-state index is -3.57. The van der Waals surface area contributed by atoms with Gasteiger partial charge in [0.2, 0.25) is 10.0 Å². The van der Waals surface area contributed by atoms with Crippen LogP contribution >= 0.6 is 11.3 Å². The normalized spacial score (nSPS) is 16.3. The molecule has 0 unspecified atom stereocenters. The van der Waals surface area contributed by atoms with Crippen molar-refractivity contribution < 1.29 is 13.2 Å². The highest BCUT2D eigenvalue weighted by atomic mass is 32.2. The van der Waals surface area contributed by atoms with Crippen molar-refractivity contribution in [3.05, 3.63) is 48.1 Å². The van der Waals surface area contributed by atoms with E-state index in [2.05, 4.69) is 9.97 Å². The molecule has 1 aliphatic rings. The summed E-state index contributed by atoms with van der Waals surface area (Å²) in [4.78, 5) is 8.50. The number of benzene rings is 1.